The predicted octanol–water partition coefficient (Wildman–Crippen LogP) is 1.64. The van der Waals surface area contributed by atoms with Gasteiger partial charge in [0.1, 0.15) is 11.5 Å². The molecule has 1 aromatic rings. The first-order chi connectivity index (χ1) is 7.74. The summed E-state index contributed by atoms with van der Waals surface area (Å²) in [6.07, 6.45) is 3.00. The van der Waals surface area contributed by atoms with Crippen LogP contribution < -0.4 is 5.32 Å². The number of carbonyl (C=O) groups is 1. The molecule has 0 aliphatic carbocycles. The van der Waals surface area contributed by atoms with E-state index in [1.165, 1.54) is 12.1 Å². The van der Waals surface area contributed by atoms with E-state index in [-0.39, 0.29) is 11.6 Å². The molecule has 0 fully saturated rings. The molecule has 4 nitrogen and oxygen atoms in total. The number of nitriles is 1. The van der Waals surface area contributed by atoms with Crippen LogP contribution in [0.25, 0.3) is 0 Å². The molecule has 0 saturated carbocycles. The van der Waals surface area contributed by atoms with Crippen LogP contribution in [0, 0.1) is 17.1 Å². The topological polar surface area (TPSA) is 65.8 Å². The molecule has 16 heavy (non-hydrogen) atoms. The number of amides is 1. The summed E-state index contributed by atoms with van der Waals surface area (Å²) >= 11 is 0. The number of hydrogen-bond acceptors (Lipinski definition) is 3. The van der Waals surface area contributed by atoms with Gasteiger partial charge in [-0.1, -0.05) is 0 Å². The first kappa shape index (κ1) is 12.1. The SMILES string of the molecule is N#CCCCCNC(=O)c1ccc(F)cn1. The van der Waals surface area contributed by atoms with Gasteiger partial charge in [0.15, 0.2) is 0 Å². The third kappa shape index (κ3) is 4.05. The molecule has 0 radical (unpaired) electrons. The molecule has 0 aromatic carbocycles. The van der Waals surface area contributed by atoms with Crippen molar-refractivity contribution in [3.05, 3.63) is 29.8 Å². The summed E-state index contributed by atoms with van der Waals surface area (Å²) < 4.78 is 12.5. The van der Waals surface area contributed by atoms with Gasteiger partial charge >= 0.3 is 0 Å². The van der Waals surface area contributed by atoms with E-state index in [1.54, 1.807) is 0 Å². The van der Waals surface area contributed by atoms with E-state index in [0.717, 1.165) is 19.0 Å². The maximum atomic E-state index is 12.5. The Morgan fingerprint density at radius 3 is 2.94 bits per heavy atom. The molecule has 0 saturated heterocycles. The lowest BCUT2D eigenvalue weighted by atomic mass is 10.2. The lowest BCUT2D eigenvalue weighted by molar-refractivity contribution is 0.0948. The molecule has 0 spiro atoms. The fourth-order valence-corrected chi connectivity index (χ4v) is 1.13. The molecule has 1 rings (SSSR count). The highest BCUT2D eigenvalue weighted by atomic mass is 19.1. The Morgan fingerprint density at radius 2 is 2.31 bits per heavy atom. The minimum absolute atomic E-state index is 0.196. The van der Waals surface area contributed by atoms with Crippen LogP contribution in [-0.4, -0.2) is 17.4 Å². The van der Waals surface area contributed by atoms with E-state index in [9.17, 15) is 9.18 Å². The second kappa shape index (κ2) is 6.51. The van der Waals surface area contributed by atoms with Crippen LogP contribution >= 0.6 is 0 Å². The molecular formula is C11H12FN3O. The van der Waals surface area contributed by atoms with E-state index in [4.69, 9.17) is 5.26 Å². The normalized spacial score (nSPS) is 9.50. The Balaban J connectivity index is 2.30. The van der Waals surface area contributed by atoms with Crippen LogP contribution in [0.4, 0.5) is 4.39 Å². The van der Waals surface area contributed by atoms with E-state index in [0.29, 0.717) is 13.0 Å². The maximum absolute atomic E-state index is 12.5. The summed E-state index contributed by atoms with van der Waals surface area (Å²) in [5.41, 5.74) is 0.196. The van der Waals surface area contributed by atoms with Crippen LogP contribution in [0.2, 0.25) is 0 Å². The molecule has 0 atom stereocenters. The zero-order valence-electron chi connectivity index (χ0n) is 8.74. The molecule has 0 bridgehead atoms. The summed E-state index contributed by atoms with van der Waals surface area (Å²) in [5.74, 6) is -0.789. The molecule has 0 aliphatic rings. The Hall–Kier alpha value is -1.96. The molecule has 1 N–H and O–H groups in total. The molecular weight excluding hydrogens is 209 g/mol. The number of pyridine rings is 1. The van der Waals surface area contributed by atoms with Gasteiger partial charge in [-0.25, -0.2) is 9.37 Å². The van der Waals surface area contributed by atoms with Gasteiger partial charge in [-0.2, -0.15) is 5.26 Å². The van der Waals surface area contributed by atoms with E-state index in [1.807, 2.05) is 6.07 Å². The Bertz CT molecular complexity index is 383. The van der Waals surface area contributed by atoms with Crippen molar-refractivity contribution in [3.8, 4) is 6.07 Å². The van der Waals surface area contributed by atoms with Crippen molar-refractivity contribution < 1.29 is 9.18 Å². The summed E-state index contributed by atoms with van der Waals surface area (Å²) in [4.78, 5) is 15.1. The van der Waals surface area contributed by atoms with Crippen molar-refractivity contribution in [2.24, 2.45) is 0 Å². The average Bonchev–Trinajstić information content (AvgIpc) is 2.29. The van der Waals surface area contributed by atoms with Gasteiger partial charge in [0, 0.05) is 13.0 Å². The van der Waals surface area contributed by atoms with E-state index < -0.39 is 5.82 Å². The van der Waals surface area contributed by atoms with E-state index >= 15 is 0 Å². The first-order valence-electron chi connectivity index (χ1n) is 5.00. The van der Waals surface area contributed by atoms with E-state index in [2.05, 4.69) is 10.3 Å². The van der Waals surface area contributed by atoms with Crippen LogP contribution in [-0.2, 0) is 0 Å². The Morgan fingerprint density at radius 1 is 1.50 bits per heavy atom. The number of aromatic nitrogens is 1. The molecule has 84 valence electrons. The number of nitrogens with zero attached hydrogens (tertiary/aromatic N) is 2. The highest BCUT2D eigenvalue weighted by Gasteiger charge is 2.05. The molecule has 1 aromatic heterocycles. The summed E-state index contributed by atoms with van der Waals surface area (Å²) in [5, 5.41) is 10.9. The molecule has 1 amide bonds. The number of unbranched alkanes of at least 4 members (excludes halogenated alkanes) is 2. The zero-order valence-corrected chi connectivity index (χ0v) is 8.74. The van der Waals surface area contributed by atoms with Crippen LogP contribution in [0.1, 0.15) is 29.8 Å². The van der Waals surface area contributed by atoms with Crippen LogP contribution in [0.5, 0.6) is 0 Å². The molecule has 0 unspecified atom stereocenters. The second-order valence-electron chi connectivity index (χ2n) is 3.23. The smallest absolute Gasteiger partial charge is 0.269 e. The fourth-order valence-electron chi connectivity index (χ4n) is 1.13. The van der Waals surface area contributed by atoms with Gasteiger partial charge in [-0.3, -0.25) is 4.79 Å². The standard InChI is InChI=1S/C11H12FN3O/c12-9-4-5-10(15-8-9)11(16)14-7-3-1-2-6-13/h4-5,8H,1-3,7H2,(H,14,16). The second-order valence-corrected chi connectivity index (χ2v) is 3.23. The van der Waals surface area contributed by atoms with Gasteiger partial charge in [-0.15, -0.1) is 0 Å². The number of nitrogens with one attached hydrogen (secondary N) is 1. The number of halogens is 1. The highest BCUT2D eigenvalue weighted by molar-refractivity contribution is 5.92. The van der Waals surface area contributed by atoms with Crippen molar-refractivity contribution in [2.45, 2.75) is 19.3 Å². The molecule has 1 heterocycles. The van der Waals surface area contributed by atoms with Crippen molar-refractivity contribution in [2.75, 3.05) is 6.54 Å². The van der Waals surface area contributed by atoms with Crippen LogP contribution in [0.15, 0.2) is 18.3 Å². The Kier molecular flexibility index (Phi) is 4.93. The summed E-state index contributed by atoms with van der Waals surface area (Å²) in [6.45, 7) is 0.500. The van der Waals surface area contributed by atoms with Crippen molar-refractivity contribution in [3.63, 3.8) is 0 Å². The van der Waals surface area contributed by atoms with Gasteiger partial charge in [0.2, 0.25) is 0 Å². The van der Waals surface area contributed by atoms with Gasteiger partial charge < -0.3 is 5.32 Å². The third-order valence-corrected chi connectivity index (χ3v) is 1.96. The highest BCUT2D eigenvalue weighted by Crippen LogP contribution is 1.98. The minimum Gasteiger partial charge on any atom is -0.351 e. The van der Waals surface area contributed by atoms with Gasteiger partial charge in [-0.05, 0) is 25.0 Å². The lowest BCUT2D eigenvalue weighted by Gasteiger charge is -2.03. The van der Waals surface area contributed by atoms with Gasteiger partial charge in [0.25, 0.3) is 5.91 Å². The number of rotatable bonds is 5. The first-order valence-corrected chi connectivity index (χ1v) is 5.00. The monoisotopic (exact) mass is 221 g/mol. The number of hydrogen-bond donors (Lipinski definition) is 1. The van der Waals surface area contributed by atoms with Crippen molar-refractivity contribution in [1.29, 1.82) is 5.26 Å². The Labute approximate surface area is 93.1 Å². The fraction of sp³-hybridized carbons (Fsp3) is 0.364. The zero-order chi connectivity index (χ0) is 11.8. The lowest BCUT2D eigenvalue weighted by Crippen LogP contribution is -2.25. The predicted molar refractivity (Wildman–Crippen MR) is 56.0 cm³/mol. The largest absolute Gasteiger partial charge is 0.351 e. The summed E-state index contributed by atoms with van der Waals surface area (Å²) in [6, 6.07) is 4.55. The molecule has 0 aliphatic heterocycles. The number of carbonyl (C=O) groups excluding carboxylic acids is 1. The third-order valence-electron chi connectivity index (χ3n) is 1.96. The van der Waals surface area contributed by atoms with Crippen molar-refractivity contribution >= 4 is 5.91 Å². The van der Waals surface area contributed by atoms with Crippen molar-refractivity contribution in [1.82, 2.24) is 10.3 Å². The van der Waals surface area contributed by atoms with Gasteiger partial charge in [0.05, 0.1) is 12.3 Å². The average molecular weight is 221 g/mol. The van der Waals surface area contributed by atoms with Crippen LogP contribution in [0.3, 0.4) is 0 Å². The summed E-state index contributed by atoms with van der Waals surface area (Å²) in [7, 11) is 0. The quantitative estimate of drug-likeness (QED) is 0.769. The maximum Gasteiger partial charge on any atom is 0.269 e. The molecule has 5 heteroatoms. The minimum atomic E-state index is -0.467.